The Morgan fingerprint density at radius 2 is 0.825 bits per heavy atom. The average molecular weight is 1090 g/mol. The molecule has 80 heavy (non-hydrogen) atoms. The molecule has 2 heterocycles. The van der Waals surface area contributed by atoms with Gasteiger partial charge in [0.1, 0.15) is 23.3 Å². The Balaban J connectivity index is 0.968. The highest BCUT2D eigenvalue weighted by Gasteiger charge is 2.42. The summed E-state index contributed by atoms with van der Waals surface area (Å²) < 4.78 is 11.3. The molecule has 14 nitrogen and oxygen atoms in total. The van der Waals surface area contributed by atoms with Gasteiger partial charge >= 0.3 is 12.2 Å². The number of rotatable bonds is 19. The van der Waals surface area contributed by atoms with Gasteiger partial charge in [0, 0.05) is 62.5 Å². The van der Waals surface area contributed by atoms with Crippen molar-refractivity contribution in [1.29, 1.82) is 0 Å². The van der Waals surface area contributed by atoms with Crippen LogP contribution in [0.15, 0.2) is 109 Å². The quantitative estimate of drug-likeness (QED) is 0.0939. The number of benzene rings is 4. The van der Waals surface area contributed by atoms with E-state index in [9.17, 15) is 28.8 Å². The minimum absolute atomic E-state index is 0.0180. The summed E-state index contributed by atoms with van der Waals surface area (Å²) in [6, 6.07) is 33.6. The molecular weight excluding hydrogens is 1000 g/mol. The van der Waals surface area contributed by atoms with Crippen molar-refractivity contribution >= 4 is 35.8 Å². The van der Waals surface area contributed by atoms with Crippen LogP contribution in [0.5, 0.6) is 0 Å². The molecule has 0 aromatic heterocycles. The van der Waals surface area contributed by atoms with E-state index >= 15 is 0 Å². The molecule has 2 N–H and O–H groups in total. The van der Waals surface area contributed by atoms with Crippen molar-refractivity contribution in [3.63, 3.8) is 0 Å². The summed E-state index contributed by atoms with van der Waals surface area (Å²) in [7, 11) is 0. The zero-order valence-electron chi connectivity index (χ0n) is 48.5. The van der Waals surface area contributed by atoms with Crippen molar-refractivity contribution in [1.82, 2.24) is 30.2 Å². The second-order valence-electron chi connectivity index (χ2n) is 24.8. The van der Waals surface area contributed by atoms with Crippen LogP contribution in [0.4, 0.5) is 9.59 Å². The number of carbonyl (C=O) groups is 6. The maximum absolute atomic E-state index is 14.7. The molecule has 0 unspecified atom stereocenters. The van der Waals surface area contributed by atoms with Gasteiger partial charge in [0.25, 0.3) is 11.8 Å². The number of hydrogen-bond donors (Lipinski definition) is 2. The largest absolute Gasteiger partial charge is 0.444 e. The summed E-state index contributed by atoms with van der Waals surface area (Å²) in [5, 5.41) is 5.99. The smallest absolute Gasteiger partial charge is 0.408 e. The molecule has 4 aliphatic rings. The predicted octanol–water partition coefficient (Wildman–Crippen LogP) is 11.7. The second kappa shape index (κ2) is 27.6. The Morgan fingerprint density at radius 3 is 1.16 bits per heavy atom. The van der Waals surface area contributed by atoms with Crippen molar-refractivity contribution in [3.05, 3.63) is 131 Å². The van der Waals surface area contributed by atoms with Crippen molar-refractivity contribution in [2.24, 2.45) is 11.8 Å². The summed E-state index contributed by atoms with van der Waals surface area (Å²) in [6.45, 7) is 13.7. The van der Waals surface area contributed by atoms with Gasteiger partial charge in [-0.1, -0.05) is 123 Å². The van der Waals surface area contributed by atoms with Crippen LogP contribution in [-0.2, 0) is 31.9 Å². The summed E-state index contributed by atoms with van der Waals surface area (Å²) >= 11 is 0. The molecule has 0 radical (unpaired) electrons. The maximum atomic E-state index is 14.7. The Morgan fingerprint density at radius 1 is 0.475 bits per heavy atom. The van der Waals surface area contributed by atoms with E-state index in [0.29, 0.717) is 63.2 Å². The second-order valence-corrected chi connectivity index (χ2v) is 24.8. The number of nitrogens with zero attached hydrogens (tertiary/aromatic N) is 4. The van der Waals surface area contributed by atoms with Gasteiger partial charge in [-0.3, -0.25) is 19.2 Å². The van der Waals surface area contributed by atoms with E-state index in [2.05, 4.69) is 34.9 Å². The van der Waals surface area contributed by atoms with Gasteiger partial charge in [-0.05, 0) is 164 Å². The first kappa shape index (κ1) is 59.4. The number of alkyl carbamates (subject to hydrolysis) is 2. The van der Waals surface area contributed by atoms with E-state index < -0.39 is 35.5 Å². The van der Waals surface area contributed by atoms with Crippen LogP contribution in [0, 0.1) is 11.8 Å². The molecule has 2 aliphatic heterocycles. The van der Waals surface area contributed by atoms with E-state index in [-0.39, 0.29) is 47.5 Å². The minimum Gasteiger partial charge on any atom is -0.444 e. The molecule has 430 valence electrons. The lowest BCUT2D eigenvalue weighted by atomic mass is 9.83. The molecule has 14 heteroatoms. The first-order valence-electron chi connectivity index (χ1n) is 29.9. The number of hydrogen-bond acceptors (Lipinski definition) is 8. The predicted molar refractivity (Wildman–Crippen MR) is 313 cm³/mol. The van der Waals surface area contributed by atoms with Crippen LogP contribution in [0.25, 0.3) is 11.1 Å². The van der Waals surface area contributed by atoms with Crippen LogP contribution in [0.1, 0.15) is 163 Å². The first-order chi connectivity index (χ1) is 38.4. The lowest BCUT2D eigenvalue weighted by molar-refractivity contribution is -0.137. The van der Waals surface area contributed by atoms with E-state index in [4.69, 9.17) is 9.47 Å². The van der Waals surface area contributed by atoms with E-state index in [1.165, 1.54) is 0 Å². The molecule has 2 aliphatic carbocycles. The molecule has 4 aromatic carbocycles. The van der Waals surface area contributed by atoms with E-state index in [1.807, 2.05) is 146 Å². The highest BCUT2D eigenvalue weighted by Crippen LogP contribution is 2.33. The van der Waals surface area contributed by atoms with Gasteiger partial charge in [-0.2, -0.15) is 0 Å². The van der Waals surface area contributed by atoms with Crippen LogP contribution >= 0.6 is 0 Å². The first-order valence-corrected chi connectivity index (χ1v) is 29.9. The van der Waals surface area contributed by atoms with E-state index in [0.717, 1.165) is 112 Å². The summed E-state index contributed by atoms with van der Waals surface area (Å²) in [5.41, 5.74) is 3.68. The summed E-state index contributed by atoms with van der Waals surface area (Å²) in [5.74, 6) is -0.401. The Hall–Kier alpha value is -6.70. The van der Waals surface area contributed by atoms with Gasteiger partial charge in [-0.25, -0.2) is 9.59 Å². The number of amides is 6. The third-order valence-electron chi connectivity index (χ3n) is 16.5. The van der Waals surface area contributed by atoms with Gasteiger partial charge in [0.05, 0.1) is 0 Å². The molecule has 8 rings (SSSR count). The van der Waals surface area contributed by atoms with Crippen molar-refractivity contribution < 1.29 is 38.2 Å². The SMILES string of the molecule is CC(C)(C)OC(=O)N[C@H](C(=O)N1CCC[C@H]1CN(CCc1ccccc1)C(=O)c1ccc(-c2ccc(C(=O)N(CCc3ccccc3)C[C@@H]3CCCN3C(=O)[C@@H](NC(=O)OC(C)(C)C)C3CCCCC3)cc2)cc1)C1CCCCC1. The average Bonchev–Trinajstić information content (AvgIpc) is 4.13. The monoisotopic (exact) mass is 1090 g/mol. The standard InChI is InChI=1S/C66H88N6O8/c1-65(2,3)79-63(77)67-57(51-25-15-9-16-26-51)61(75)71-41-19-29-55(71)45-69(43-39-47-21-11-7-12-22-47)59(73)53-35-31-49(32-36-53)50-33-37-54(38-34-50)60(74)70(44-40-48-23-13-8-14-24-48)46-56-30-20-42-72(56)62(76)58(52-27-17-10-18-28-52)68-64(78)80-66(4,5)6/h7-8,11-14,21-24,31-38,51-52,55-58H,9-10,15-20,25-30,39-46H2,1-6H3,(H,67,77)(H,68,78)/t55-,56-,57-,58-/m0/s1. The Labute approximate surface area is 475 Å². The molecule has 4 aromatic rings. The fourth-order valence-corrected chi connectivity index (χ4v) is 12.4. The Bertz CT molecular complexity index is 2490. The number of carbonyl (C=O) groups excluding carboxylic acids is 6. The molecule has 0 spiro atoms. The topological polar surface area (TPSA) is 158 Å². The number of likely N-dealkylation sites (tertiary alicyclic amines) is 2. The van der Waals surface area contributed by atoms with Gasteiger partial charge < -0.3 is 39.7 Å². The zero-order chi connectivity index (χ0) is 56.8. The fraction of sp³-hybridized carbons (Fsp3) is 0.545. The molecular formula is C66H88N6O8. The summed E-state index contributed by atoms with van der Waals surface area (Å²) in [6.07, 6.45) is 13.0. The van der Waals surface area contributed by atoms with Crippen LogP contribution in [0.3, 0.4) is 0 Å². The molecule has 2 saturated carbocycles. The van der Waals surface area contributed by atoms with Crippen molar-refractivity contribution in [3.8, 4) is 11.1 Å². The maximum Gasteiger partial charge on any atom is 0.408 e. The van der Waals surface area contributed by atoms with Crippen LogP contribution in [0.2, 0.25) is 0 Å². The molecule has 0 bridgehead atoms. The molecule has 4 fully saturated rings. The van der Waals surface area contributed by atoms with Crippen LogP contribution in [-0.4, -0.2) is 130 Å². The Kier molecular flexibility index (Phi) is 20.5. The zero-order valence-corrected chi connectivity index (χ0v) is 48.5. The fourth-order valence-electron chi connectivity index (χ4n) is 12.4. The summed E-state index contributed by atoms with van der Waals surface area (Å²) in [4.78, 5) is 92.6. The van der Waals surface area contributed by atoms with Gasteiger partial charge in [0.2, 0.25) is 11.8 Å². The highest BCUT2D eigenvalue weighted by molar-refractivity contribution is 5.96. The lowest BCUT2D eigenvalue weighted by Crippen LogP contribution is -2.56. The number of nitrogens with one attached hydrogen (secondary N) is 2. The molecule has 4 atom stereocenters. The third kappa shape index (κ3) is 16.7. The molecule has 6 amide bonds. The number of ether oxygens (including phenoxy) is 2. The highest BCUT2D eigenvalue weighted by atomic mass is 16.6. The van der Waals surface area contributed by atoms with Crippen molar-refractivity contribution in [2.75, 3.05) is 39.3 Å². The van der Waals surface area contributed by atoms with E-state index in [1.54, 1.807) is 0 Å². The van der Waals surface area contributed by atoms with Crippen LogP contribution < -0.4 is 10.6 Å². The lowest BCUT2D eigenvalue weighted by Gasteiger charge is -2.37. The van der Waals surface area contributed by atoms with Crippen molar-refractivity contribution in [2.45, 2.75) is 180 Å². The third-order valence-corrected chi connectivity index (χ3v) is 16.5. The van der Waals surface area contributed by atoms with Gasteiger partial charge in [-0.15, -0.1) is 0 Å². The minimum atomic E-state index is -0.704. The normalized spacial score (nSPS) is 18.9. The van der Waals surface area contributed by atoms with Gasteiger partial charge in [0.15, 0.2) is 0 Å². The molecule has 2 saturated heterocycles.